The molecule has 1 saturated heterocycles. The summed E-state index contributed by atoms with van der Waals surface area (Å²) in [5.74, 6) is -1.64. The second kappa shape index (κ2) is 3.96. The smallest absolute Gasteiger partial charge is 0.414 e. The SMILES string of the molecule is Nc1cc(F)cc(F)c1N1CCCOC1=O. The summed E-state index contributed by atoms with van der Waals surface area (Å²) in [7, 11) is 0. The van der Waals surface area contributed by atoms with Gasteiger partial charge >= 0.3 is 6.09 Å². The van der Waals surface area contributed by atoms with Crippen LogP contribution in [-0.2, 0) is 4.74 Å². The average molecular weight is 228 g/mol. The van der Waals surface area contributed by atoms with E-state index in [0.29, 0.717) is 25.6 Å². The molecule has 1 aromatic rings. The lowest BCUT2D eigenvalue weighted by Crippen LogP contribution is -2.38. The minimum Gasteiger partial charge on any atom is -0.449 e. The Morgan fingerprint density at radius 3 is 2.75 bits per heavy atom. The van der Waals surface area contributed by atoms with Crippen molar-refractivity contribution in [1.82, 2.24) is 0 Å². The predicted molar refractivity (Wildman–Crippen MR) is 54.1 cm³/mol. The molecule has 1 amide bonds. The van der Waals surface area contributed by atoms with E-state index in [1.54, 1.807) is 0 Å². The molecule has 0 bridgehead atoms. The van der Waals surface area contributed by atoms with E-state index in [-0.39, 0.29) is 11.4 Å². The third-order valence-corrected chi connectivity index (χ3v) is 2.30. The highest BCUT2D eigenvalue weighted by molar-refractivity contribution is 5.92. The first-order valence-electron chi connectivity index (χ1n) is 4.78. The van der Waals surface area contributed by atoms with Gasteiger partial charge in [0.05, 0.1) is 12.3 Å². The van der Waals surface area contributed by atoms with Crippen LogP contribution < -0.4 is 10.6 Å². The molecule has 1 aliphatic heterocycles. The molecule has 0 aromatic heterocycles. The fourth-order valence-electron chi connectivity index (χ4n) is 1.63. The maximum absolute atomic E-state index is 13.5. The van der Waals surface area contributed by atoms with Crippen molar-refractivity contribution >= 4 is 17.5 Å². The van der Waals surface area contributed by atoms with Crippen LogP contribution >= 0.6 is 0 Å². The second-order valence-corrected chi connectivity index (χ2v) is 3.45. The Morgan fingerprint density at radius 2 is 2.12 bits per heavy atom. The average Bonchev–Trinajstić information content (AvgIpc) is 2.19. The molecule has 0 spiro atoms. The summed E-state index contributed by atoms with van der Waals surface area (Å²) in [6.07, 6.45) is -0.0782. The van der Waals surface area contributed by atoms with Crippen LogP contribution in [0.2, 0.25) is 0 Å². The van der Waals surface area contributed by atoms with E-state index in [1.807, 2.05) is 0 Å². The number of halogens is 2. The Balaban J connectivity index is 2.42. The van der Waals surface area contributed by atoms with E-state index in [1.165, 1.54) is 0 Å². The Bertz CT molecular complexity index is 414. The maximum atomic E-state index is 13.5. The number of hydrogen-bond acceptors (Lipinski definition) is 3. The van der Waals surface area contributed by atoms with Gasteiger partial charge in [-0.3, -0.25) is 4.90 Å². The van der Waals surface area contributed by atoms with E-state index in [0.717, 1.165) is 11.0 Å². The van der Waals surface area contributed by atoms with Gasteiger partial charge in [-0.1, -0.05) is 0 Å². The van der Waals surface area contributed by atoms with Gasteiger partial charge in [-0.15, -0.1) is 0 Å². The van der Waals surface area contributed by atoms with E-state index in [4.69, 9.17) is 10.5 Å². The number of nitrogens with two attached hydrogens (primary N) is 1. The van der Waals surface area contributed by atoms with Gasteiger partial charge in [0, 0.05) is 12.6 Å². The van der Waals surface area contributed by atoms with E-state index < -0.39 is 17.7 Å². The van der Waals surface area contributed by atoms with Crippen molar-refractivity contribution in [3.05, 3.63) is 23.8 Å². The molecule has 0 atom stereocenters. The molecule has 1 fully saturated rings. The van der Waals surface area contributed by atoms with Crippen LogP contribution in [0.4, 0.5) is 25.0 Å². The first-order valence-corrected chi connectivity index (χ1v) is 4.78. The lowest BCUT2D eigenvalue weighted by molar-refractivity contribution is 0.140. The molecule has 86 valence electrons. The van der Waals surface area contributed by atoms with Gasteiger partial charge < -0.3 is 10.5 Å². The zero-order valence-corrected chi connectivity index (χ0v) is 8.37. The Hall–Kier alpha value is -1.85. The van der Waals surface area contributed by atoms with Crippen molar-refractivity contribution in [3.63, 3.8) is 0 Å². The largest absolute Gasteiger partial charge is 0.449 e. The van der Waals surface area contributed by atoms with Gasteiger partial charge in [0.15, 0.2) is 5.82 Å². The Morgan fingerprint density at radius 1 is 1.38 bits per heavy atom. The molecule has 0 aliphatic carbocycles. The molecule has 0 unspecified atom stereocenters. The summed E-state index contributed by atoms with van der Waals surface area (Å²) >= 11 is 0. The van der Waals surface area contributed by atoms with Gasteiger partial charge in [-0.2, -0.15) is 0 Å². The predicted octanol–water partition coefficient (Wildman–Crippen LogP) is 1.89. The van der Waals surface area contributed by atoms with Crippen LogP contribution in [0.15, 0.2) is 12.1 Å². The monoisotopic (exact) mass is 228 g/mol. The maximum Gasteiger partial charge on any atom is 0.414 e. The first-order chi connectivity index (χ1) is 7.59. The van der Waals surface area contributed by atoms with E-state index in [9.17, 15) is 13.6 Å². The fourth-order valence-corrected chi connectivity index (χ4v) is 1.63. The first kappa shape index (κ1) is 10.7. The molecule has 6 heteroatoms. The molecule has 1 aliphatic rings. The number of nitrogens with zero attached hydrogens (tertiary/aromatic N) is 1. The lowest BCUT2D eigenvalue weighted by atomic mass is 10.2. The normalized spacial score (nSPS) is 16.1. The molecule has 2 N–H and O–H groups in total. The van der Waals surface area contributed by atoms with Gasteiger partial charge in [0.1, 0.15) is 11.5 Å². The fraction of sp³-hybridized carbons (Fsp3) is 0.300. The number of nitrogen functional groups attached to an aromatic ring is 1. The van der Waals surface area contributed by atoms with Crippen molar-refractivity contribution in [2.24, 2.45) is 0 Å². The number of carbonyl (C=O) groups is 1. The number of hydrogen-bond donors (Lipinski definition) is 1. The molecule has 2 rings (SSSR count). The zero-order chi connectivity index (χ0) is 11.7. The van der Waals surface area contributed by atoms with Crippen LogP contribution in [0.3, 0.4) is 0 Å². The second-order valence-electron chi connectivity index (χ2n) is 3.45. The summed E-state index contributed by atoms with van der Waals surface area (Å²) in [6, 6.07) is 1.66. The Kier molecular flexibility index (Phi) is 2.64. The van der Waals surface area contributed by atoms with Gasteiger partial charge in [-0.05, 0) is 12.5 Å². The standard InChI is InChI=1S/C10H10F2N2O2/c11-6-4-7(12)9(8(13)5-6)14-2-1-3-16-10(14)15/h4-5H,1-3,13H2. The molecule has 0 saturated carbocycles. The van der Waals surface area contributed by atoms with Crippen molar-refractivity contribution in [2.45, 2.75) is 6.42 Å². The molecule has 1 aromatic carbocycles. The quantitative estimate of drug-likeness (QED) is 0.747. The highest BCUT2D eigenvalue weighted by Gasteiger charge is 2.26. The van der Waals surface area contributed by atoms with E-state index >= 15 is 0 Å². The van der Waals surface area contributed by atoms with Crippen molar-refractivity contribution in [3.8, 4) is 0 Å². The third-order valence-electron chi connectivity index (χ3n) is 2.30. The van der Waals surface area contributed by atoms with Crippen LogP contribution in [0, 0.1) is 11.6 Å². The van der Waals surface area contributed by atoms with Gasteiger partial charge in [0.2, 0.25) is 0 Å². The molecule has 16 heavy (non-hydrogen) atoms. The summed E-state index contributed by atoms with van der Waals surface area (Å²) in [6.45, 7) is 0.615. The van der Waals surface area contributed by atoms with Crippen molar-refractivity contribution < 1.29 is 18.3 Å². The Labute approximate surface area is 90.6 Å². The lowest BCUT2D eigenvalue weighted by Gasteiger charge is -2.27. The number of amides is 1. The van der Waals surface area contributed by atoms with Crippen molar-refractivity contribution in [1.29, 1.82) is 0 Å². The zero-order valence-electron chi connectivity index (χ0n) is 8.37. The topological polar surface area (TPSA) is 55.6 Å². The van der Waals surface area contributed by atoms with Gasteiger partial charge in [0.25, 0.3) is 0 Å². The van der Waals surface area contributed by atoms with Crippen LogP contribution in [0.1, 0.15) is 6.42 Å². The van der Waals surface area contributed by atoms with Gasteiger partial charge in [-0.25, -0.2) is 13.6 Å². The van der Waals surface area contributed by atoms with Crippen LogP contribution in [0.5, 0.6) is 0 Å². The molecular formula is C10H10F2N2O2. The number of rotatable bonds is 1. The summed E-state index contributed by atoms with van der Waals surface area (Å²) in [5, 5.41) is 0. The van der Waals surface area contributed by atoms with Crippen LogP contribution in [-0.4, -0.2) is 19.2 Å². The van der Waals surface area contributed by atoms with E-state index in [2.05, 4.69) is 0 Å². The molecule has 4 nitrogen and oxygen atoms in total. The number of anilines is 2. The number of carbonyl (C=O) groups excluding carboxylic acids is 1. The molecule has 1 heterocycles. The highest BCUT2D eigenvalue weighted by atomic mass is 19.1. The molecular weight excluding hydrogens is 218 g/mol. The summed E-state index contributed by atoms with van der Waals surface area (Å²) in [5.41, 5.74) is 5.25. The summed E-state index contributed by atoms with van der Waals surface area (Å²) in [4.78, 5) is 12.4. The minimum absolute atomic E-state index is 0.114. The minimum atomic E-state index is -0.864. The highest BCUT2D eigenvalue weighted by Crippen LogP contribution is 2.29. The molecule has 0 radical (unpaired) electrons. The summed E-state index contributed by atoms with van der Waals surface area (Å²) < 4.78 is 31.1. The third kappa shape index (κ3) is 1.78. The van der Waals surface area contributed by atoms with Crippen molar-refractivity contribution in [2.75, 3.05) is 23.8 Å². The number of cyclic esters (lactones) is 1. The number of benzene rings is 1. The number of ether oxygens (including phenoxy) is 1. The van der Waals surface area contributed by atoms with Crippen LogP contribution in [0.25, 0.3) is 0 Å².